The van der Waals surface area contributed by atoms with Gasteiger partial charge in [-0.05, 0) is 17.7 Å². The van der Waals surface area contributed by atoms with Gasteiger partial charge in [0, 0.05) is 37.3 Å². The van der Waals surface area contributed by atoms with Crippen LogP contribution in [0.15, 0.2) is 53.8 Å². The van der Waals surface area contributed by atoms with Crippen LogP contribution in [-0.4, -0.2) is 71.2 Å². The molecule has 35 heavy (non-hydrogen) atoms. The molecule has 0 unspecified atom stereocenters. The third-order valence-electron chi connectivity index (χ3n) is 5.11. The zero-order valence-corrected chi connectivity index (χ0v) is 20.9. The molecule has 1 aliphatic heterocycles. The summed E-state index contributed by atoms with van der Waals surface area (Å²) < 4.78 is 6.94. The molecule has 11 heteroatoms. The largest absolute Gasteiger partial charge is 0.378 e. The Hall–Kier alpha value is -3.44. The van der Waals surface area contributed by atoms with E-state index in [1.54, 1.807) is 28.4 Å². The second-order valence-corrected chi connectivity index (χ2v) is 8.93. The summed E-state index contributed by atoms with van der Waals surface area (Å²) in [6.45, 7) is 5.88. The fraction of sp³-hybridized carbons (Fsp3) is 0.375. The summed E-state index contributed by atoms with van der Waals surface area (Å²) in [6.07, 6.45) is 5.31. The van der Waals surface area contributed by atoms with E-state index in [2.05, 4.69) is 26.9 Å². The Bertz CT molecular complexity index is 1090. The first kappa shape index (κ1) is 26.2. The Kier molecular flexibility index (Phi) is 10.1. The van der Waals surface area contributed by atoms with Gasteiger partial charge in [0.1, 0.15) is 12.1 Å². The molecule has 0 atom stereocenters. The number of anilines is 2. The number of aromatic nitrogens is 4. The fourth-order valence-electron chi connectivity index (χ4n) is 3.30. The van der Waals surface area contributed by atoms with Crippen LogP contribution in [-0.2, 0) is 16.1 Å². The number of nitrogens with zero attached hydrogens (tertiary/aromatic N) is 6. The number of carbonyl (C=O) groups excluding carboxylic acids is 2. The van der Waals surface area contributed by atoms with Crippen molar-refractivity contribution in [3.05, 3.63) is 60.3 Å². The summed E-state index contributed by atoms with van der Waals surface area (Å²) in [6, 6.07) is 11.8. The Morgan fingerprint density at radius 1 is 1.23 bits per heavy atom. The Labute approximate surface area is 209 Å². The predicted molar refractivity (Wildman–Crippen MR) is 137 cm³/mol. The van der Waals surface area contributed by atoms with Gasteiger partial charge in [0.25, 0.3) is 5.91 Å². The molecule has 1 saturated heterocycles. The van der Waals surface area contributed by atoms with Crippen LogP contribution < -0.4 is 15.5 Å². The van der Waals surface area contributed by atoms with Gasteiger partial charge in [0.15, 0.2) is 0 Å². The van der Waals surface area contributed by atoms with E-state index in [0.29, 0.717) is 6.54 Å². The van der Waals surface area contributed by atoms with E-state index in [1.807, 2.05) is 42.6 Å². The first-order valence-corrected chi connectivity index (χ1v) is 12.4. The monoisotopic (exact) mass is 497 g/mol. The lowest BCUT2D eigenvalue weighted by Gasteiger charge is -2.29. The lowest BCUT2D eigenvalue weighted by atomic mass is 10.2. The summed E-state index contributed by atoms with van der Waals surface area (Å²) in [5, 5.41) is 3.94. The van der Waals surface area contributed by atoms with E-state index in [1.165, 1.54) is 6.33 Å². The van der Waals surface area contributed by atoms with Crippen molar-refractivity contribution < 1.29 is 14.3 Å². The summed E-state index contributed by atoms with van der Waals surface area (Å²) in [7, 11) is 1.78. The minimum Gasteiger partial charge on any atom is -0.378 e. The highest BCUT2D eigenvalue weighted by atomic mass is 32.2. The van der Waals surface area contributed by atoms with E-state index in [0.717, 1.165) is 66.9 Å². The molecule has 0 saturated carbocycles. The van der Waals surface area contributed by atoms with Gasteiger partial charge in [-0.15, -0.1) is 16.9 Å². The third-order valence-corrected chi connectivity index (χ3v) is 6.35. The van der Waals surface area contributed by atoms with Crippen LogP contribution in [0.25, 0.3) is 0 Å². The predicted octanol–water partition coefficient (Wildman–Crippen LogP) is 2.44. The molecule has 0 aliphatic carbocycles. The molecular weight excluding hydrogens is 466 g/mol. The number of nitrogens with two attached hydrogens (primary N) is 1. The molecular formula is C24H31N7O3S. The SMILES string of the molecule is CCCSc1cnc(N2CCOCC2)cc1N(C)C=O.NC(=O)c1ncn(Cc2ccccc2)n1. The van der Waals surface area contributed by atoms with Crippen LogP contribution in [0.2, 0.25) is 0 Å². The number of amides is 2. The summed E-state index contributed by atoms with van der Waals surface area (Å²) >= 11 is 1.74. The lowest BCUT2D eigenvalue weighted by molar-refractivity contribution is -0.107. The van der Waals surface area contributed by atoms with E-state index < -0.39 is 5.91 Å². The fourth-order valence-corrected chi connectivity index (χ4v) is 4.20. The zero-order valence-electron chi connectivity index (χ0n) is 20.0. The second kappa shape index (κ2) is 13.4. The van der Waals surface area contributed by atoms with Crippen LogP contribution in [0, 0.1) is 0 Å². The maximum absolute atomic E-state index is 11.1. The van der Waals surface area contributed by atoms with Crippen molar-refractivity contribution in [3.63, 3.8) is 0 Å². The average Bonchev–Trinajstić information content (AvgIpc) is 3.37. The highest BCUT2D eigenvalue weighted by molar-refractivity contribution is 7.99. The number of primary amides is 1. The molecule has 0 radical (unpaired) electrons. The van der Waals surface area contributed by atoms with E-state index >= 15 is 0 Å². The minimum atomic E-state index is -0.609. The Morgan fingerprint density at radius 3 is 2.60 bits per heavy atom. The maximum atomic E-state index is 11.1. The third kappa shape index (κ3) is 7.79. The average molecular weight is 498 g/mol. The maximum Gasteiger partial charge on any atom is 0.288 e. The minimum absolute atomic E-state index is 0.0472. The molecule has 1 aromatic carbocycles. The molecule has 1 fully saturated rings. The molecule has 2 amide bonds. The van der Waals surface area contributed by atoms with Crippen LogP contribution in [0.3, 0.4) is 0 Å². The van der Waals surface area contributed by atoms with Gasteiger partial charge in [-0.25, -0.2) is 14.6 Å². The van der Waals surface area contributed by atoms with Crippen molar-refractivity contribution in [1.29, 1.82) is 0 Å². The molecule has 0 bridgehead atoms. The van der Waals surface area contributed by atoms with Gasteiger partial charge in [0.05, 0.1) is 25.4 Å². The summed E-state index contributed by atoms with van der Waals surface area (Å²) in [4.78, 5) is 35.0. The highest BCUT2D eigenvalue weighted by Gasteiger charge is 2.16. The number of pyridine rings is 1. The normalized spacial score (nSPS) is 13.0. The van der Waals surface area contributed by atoms with E-state index in [9.17, 15) is 9.59 Å². The van der Waals surface area contributed by atoms with Gasteiger partial charge >= 0.3 is 0 Å². The van der Waals surface area contributed by atoms with Gasteiger partial charge in [-0.3, -0.25) is 9.59 Å². The van der Waals surface area contributed by atoms with Gasteiger partial charge < -0.3 is 20.3 Å². The van der Waals surface area contributed by atoms with Gasteiger partial charge in [-0.1, -0.05) is 37.3 Å². The molecule has 1 aliphatic rings. The summed E-state index contributed by atoms with van der Waals surface area (Å²) in [5.41, 5.74) is 7.06. The molecule has 2 N–H and O–H groups in total. The van der Waals surface area contributed by atoms with E-state index in [-0.39, 0.29) is 5.82 Å². The molecule has 2 aromatic heterocycles. The van der Waals surface area contributed by atoms with Crippen molar-refractivity contribution in [1.82, 2.24) is 19.7 Å². The van der Waals surface area contributed by atoms with Crippen LogP contribution in [0.1, 0.15) is 29.5 Å². The molecule has 186 valence electrons. The van der Waals surface area contributed by atoms with Crippen molar-refractivity contribution in [2.75, 3.05) is 48.9 Å². The van der Waals surface area contributed by atoms with Crippen molar-refractivity contribution in [2.45, 2.75) is 24.8 Å². The number of benzene rings is 1. The van der Waals surface area contributed by atoms with Crippen LogP contribution >= 0.6 is 11.8 Å². The number of thioether (sulfide) groups is 1. The number of morpholine rings is 1. The summed E-state index contributed by atoms with van der Waals surface area (Å²) in [5.74, 6) is 1.38. The molecule has 4 rings (SSSR count). The first-order valence-electron chi connectivity index (χ1n) is 11.4. The standard InChI is InChI=1S/C14H21N3O2S.C10H10N4O/c1-3-8-20-13-10-15-14(9-12(13)16(2)11-18)17-4-6-19-7-5-17;11-9(15)10-12-7-14(13-10)6-8-4-2-1-3-5-8/h9-11H,3-8H2,1-2H3;1-5,7H,6H2,(H2,11,15). The number of carbonyl (C=O) groups is 2. The highest BCUT2D eigenvalue weighted by Crippen LogP contribution is 2.32. The van der Waals surface area contributed by atoms with Crippen molar-refractivity contribution in [3.8, 4) is 0 Å². The van der Waals surface area contributed by atoms with Crippen molar-refractivity contribution in [2.24, 2.45) is 5.73 Å². The van der Waals surface area contributed by atoms with E-state index in [4.69, 9.17) is 10.5 Å². The smallest absolute Gasteiger partial charge is 0.288 e. The zero-order chi connectivity index (χ0) is 25.0. The van der Waals surface area contributed by atoms with Crippen LogP contribution in [0.5, 0.6) is 0 Å². The number of ether oxygens (including phenoxy) is 1. The number of hydrogen-bond donors (Lipinski definition) is 1. The first-order chi connectivity index (χ1) is 17.0. The molecule has 3 aromatic rings. The second-order valence-electron chi connectivity index (χ2n) is 7.79. The lowest BCUT2D eigenvalue weighted by Crippen LogP contribution is -2.36. The number of hydrogen-bond acceptors (Lipinski definition) is 8. The molecule has 0 spiro atoms. The van der Waals surface area contributed by atoms with Gasteiger partial charge in [-0.2, -0.15) is 0 Å². The topological polar surface area (TPSA) is 119 Å². The molecule has 10 nitrogen and oxygen atoms in total. The Morgan fingerprint density at radius 2 is 1.97 bits per heavy atom. The van der Waals surface area contributed by atoms with Gasteiger partial charge in [0.2, 0.25) is 12.2 Å². The Balaban J connectivity index is 0.000000203. The van der Waals surface area contributed by atoms with Crippen LogP contribution in [0.4, 0.5) is 11.5 Å². The molecule has 3 heterocycles. The van der Waals surface area contributed by atoms with Crippen molar-refractivity contribution >= 4 is 35.6 Å². The quantitative estimate of drug-likeness (QED) is 0.354. The number of rotatable bonds is 9.